The van der Waals surface area contributed by atoms with E-state index < -0.39 is 0 Å². The Hall–Kier alpha value is -3.32. The normalized spacial score (nSPS) is 17.6. The van der Waals surface area contributed by atoms with E-state index in [-0.39, 0.29) is 11.9 Å². The van der Waals surface area contributed by atoms with Gasteiger partial charge < -0.3 is 19.3 Å². The van der Waals surface area contributed by atoms with E-state index in [9.17, 15) is 4.79 Å². The molecule has 1 atom stereocenters. The minimum absolute atomic E-state index is 0.0763. The molecule has 5 rings (SSSR count). The molecule has 164 valence electrons. The quantitative estimate of drug-likeness (QED) is 0.583. The highest BCUT2D eigenvalue weighted by atomic mass is 32.1. The van der Waals surface area contributed by atoms with Crippen LogP contribution in [0.4, 0.5) is 5.69 Å². The van der Waals surface area contributed by atoms with Crippen molar-refractivity contribution in [2.24, 2.45) is 4.99 Å². The third-order valence-electron chi connectivity index (χ3n) is 5.90. The molecule has 1 saturated heterocycles. The van der Waals surface area contributed by atoms with Crippen LogP contribution in [0.3, 0.4) is 0 Å². The van der Waals surface area contributed by atoms with Crippen molar-refractivity contribution in [3.63, 3.8) is 0 Å². The average molecular weight is 448 g/mol. The highest BCUT2D eigenvalue weighted by Crippen LogP contribution is 2.42. The van der Waals surface area contributed by atoms with Crippen LogP contribution in [0.2, 0.25) is 0 Å². The summed E-state index contributed by atoms with van der Waals surface area (Å²) >= 11 is 1.63. The van der Waals surface area contributed by atoms with Crippen LogP contribution >= 0.6 is 11.3 Å². The molecule has 3 heterocycles. The predicted octanol–water partition coefficient (Wildman–Crippen LogP) is 4.72. The second-order valence-corrected chi connectivity index (χ2v) is 9.01. The van der Waals surface area contributed by atoms with Crippen molar-refractivity contribution in [1.82, 2.24) is 9.80 Å². The number of nitrogens with zero attached hydrogens (tertiary/aromatic N) is 3. The van der Waals surface area contributed by atoms with Crippen LogP contribution in [0, 0.1) is 0 Å². The van der Waals surface area contributed by atoms with Gasteiger partial charge in [-0.1, -0.05) is 24.3 Å². The Balaban J connectivity index is 1.44. The van der Waals surface area contributed by atoms with Crippen molar-refractivity contribution >= 4 is 28.8 Å². The number of carbonyl (C=O) groups is 1. The number of ether oxygens (including phenoxy) is 2. The number of amides is 1. The Labute approximate surface area is 191 Å². The van der Waals surface area contributed by atoms with E-state index in [0.29, 0.717) is 43.3 Å². The molecule has 0 bridgehead atoms. The third-order valence-corrected chi connectivity index (χ3v) is 6.77. The maximum Gasteiger partial charge on any atom is 0.228 e. The average Bonchev–Trinajstić information content (AvgIpc) is 3.25. The highest BCUT2D eigenvalue weighted by Gasteiger charge is 2.32. The summed E-state index contributed by atoms with van der Waals surface area (Å²) in [5.41, 5.74) is 1.68. The lowest BCUT2D eigenvalue weighted by Crippen LogP contribution is -2.55. The van der Waals surface area contributed by atoms with Crippen molar-refractivity contribution in [2.75, 3.05) is 26.7 Å². The van der Waals surface area contributed by atoms with Gasteiger partial charge in [-0.25, -0.2) is 4.99 Å². The molecule has 0 radical (unpaired) electrons. The summed E-state index contributed by atoms with van der Waals surface area (Å²) < 4.78 is 11.8. The number of aliphatic imine (C=N–C) groups is 1. The van der Waals surface area contributed by atoms with Crippen molar-refractivity contribution < 1.29 is 14.3 Å². The van der Waals surface area contributed by atoms with Crippen LogP contribution in [0.5, 0.6) is 17.2 Å². The number of para-hydroxylation sites is 3. The topological polar surface area (TPSA) is 54.4 Å². The Kier molecular flexibility index (Phi) is 5.57. The van der Waals surface area contributed by atoms with Crippen LogP contribution < -0.4 is 9.47 Å². The van der Waals surface area contributed by atoms with Gasteiger partial charge >= 0.3 is 0 Å². The zero-order valence-corrected chi connectivity index (χ0v) is 19.0. The molecule has 6 nitrogen and oxygen atoms in total. The van der Waals surface area contributed by atoms with E-state index in [2.05, 4.69) is 11.8 Å². The van der Waals surface area contributed by atoms with Gasteiger partial charge in [0.05, 0.1) is 19.1 Å². The van der Waals surface area contributed by atoms with Gasteiger partial charge in [0.25, 0.3) is 0 Å². The van der Waals surface area contributed by atoms with E-state index in [4.69, 9.17) is 14.5 Å². The SMILES string of the molecule is COc1cccc2c1Oc1ccccc1N=C2N1CCN(C(=O)Cc2cccs2)[C@H](C)C1. The second kappa shape index (κ2) is 8.67. The molecule has 2 aromatic carbocycles. The molecule has 32 heavy (non-hydrogen) atoms. The molecule has 0 N–H and O–H groups in total. The first-order valence-corrected chi connectivity index (χ1v) is 11.6. The zero-order valence-electron chi connectivity index (χ0n) is 18.2. The lowest BCUT2D eigenvalue weighted by molar-refractivity contribution is -0.134. The van der Waals surface area contributed by atoms with Crippen LogP contribution in [0.15, 0.2) is 65.0 Å². The molecular formula is C25H25N3O3S. The molecule has 1 aromatic heterocycles. The number of piperazine rings is 1. The van der Waals surface area contributed by atoms with Gasteiger partial charge in [0.15, 0.2) is 17.2 Å². The molecule has 0 unspecified atom stereocenters. The molecule has 2 aliphatic rings. The number of methoxy groups -OCH3 is 1. The van der Waals surface area contributed by atoms with Gasteiger partial charge in [-0.15, -0.1) is 11.3 Å². The highest BCUT2D eigenvalue weighted by molar-refractivity contribution is 7.10. The first kappa shape index (κ1) is 20.6. The smallest absolute Gasteiger partial charge is 0.228 e. The summed E-state index contributed by atoms with van der Waals surface area (Å²) in [6.45, 7) is 4.17. The Morgan fingerprint density at radius 2 is 2.03 bits per heavy atom. The number of carbonyl (C=O) groups excluding carboxylic acids is 1. The lowest BCUT2D eigenvalue weighted by Gasteiger charge is -2.41. The molecule has 1 amide bonds. The van der Waals surface area contributed by atoms with Crippen molar-refractivity contribution in [3.8, 4) is 17.2 Å². The Morgan fingerprint density at radius 3 is 2.81 bits per heavy atom. The van der Waals surface area contributed by atoms with E-state index in [1.54, 1.807) is 18.4 Å². The largest absolute Gasteiger partial charge is 0.493 e. The molecule has 7 heteroatoms. The molecule has 0 aliphatic carbocycles. The number of amidine groups is 1. The van der Waals surface area contributed by atoms with Gasteiger partial charge in [0.2, 0.25) is 5.91 Å². The summed E-state index contributed by atoms with van der Waals surface area (Å²) in [5.74, 6) is 3.07. The first-order chi connectivity index (χ1) is 15.6. The molecule has 1 fully saturated rings. The predicted molar refractivity (Wildman–Crippen MR) is 126 cm³/mol. The number of fused-ring (bicyclic) bond motifs is 2. The summed E-state index contributed by atoms with van der Waals surface area (Å²) in [5, 5.41) is 2.01. The van der Waals surface area contributed by atoms with Crippen LogP contribution in [-0.4, -0.2) is 54.3 Å². The van der Waals surface area contributed by atoms with Gasteiger partial charge in [-0.05, 0) is 42.6 Å². The minimum Gasteiger partial charge on any atom is -0.493 e. The summed E-state index contributed by atoms with van der Waals surface area (Å²) in [7, 11) is 1.65. The van der Waals surface area contributed by atoms with Crippen molar-refractivity contribution in [3.05, 3.63) is 70.4 Å². The summed E-state index contributed by atoms with van der Waals surface area (Å²) in [4.78, 5) is 23.3. The van der Waals surface area contributed by atoms with Gasteiger partial charge in [0.1, 0.15) is 11.5 Å². The fourth-order valence-electron chi connectivity index (χ4n) is 4.30. The van der Waals surface area contributed by atoms with E-state index in [1.165, 1.54) is 0 Å². The van der Waals surface area contributed by atoms with Crippen LogP contribution in [-0.2, 0) is 11.2 Å². The summed E-state index contributed by atoms with van der Waals surface area (Å²) in [6, 6.07) is 17.7. The minimum atomic E-state index is 0.0763. The first-order valence-electron chi connectivity index (χ1n) is 10.7. The Bertz CT molecular complexity index is 1160. The maximum absolute atomic E-state index is 12.9. The fraction of sp³-hybridized carbons (Fsp3) is 0.280. The summed E-state index contributed by atoms with van der Waals surface area (Å²) in [6.07, 6.45) is 0.463. The molecular weight excluding hydrogens is 422 g/mol. The second-order valence-electron chi connectivity index (χ2n) is 7.98. The van der Waals surface area contributed by atoms with Crippen LogP contribution in [0.25, 0.3) is 0 Å². The number of hydrogen-bond donors (Lipinski definition) is 0. The van der Waals surface area contributed by atoms with E-state index >= 15 is 0 Å². The standard InChI is InChI=1S/C25H25N3O3S/c1-17-16-27(12-13-28(17)23(29)15-18-7-6-14-32-18)25-19-8-5-11-22(30-2)24(19)31-21-10-4-3-9-20(21)26-25/h3-11,14,17H,12-13,15-16H2,1-2H3/t17-/m1/s1. The number of hydrogen-bond acceptors (Lipinski definition) is 6. The number of thiophene rings is 1. The molecule has 2 aliphatic heterocycles. The number of benzene rings is 2. The van der Waals surface area contributed by atoms with E-state index in [0.717, 1.165) is 22.0 Å². The third kappa shape index (κ3) is 3.84. The van der Waals surface area contributed by atoms with E-state index in [1.807, 2.05) is 64.9 Å². The molecule has 0 spiro atoms. The van der Waals surface area contributed by atoms with Gasteiger partial charge in [0, 0.05) is 30.6 Å². The Morgan fingerprint density at radius 1 is 1.16 bits per heavy atom. The van der Waals surface area contributed by atoms with Gasteiger partial charge in [-0.3, -0.25) is 4.79 Å². The number of rotatable bonds is 3. The van der Waals surface area contributed by atoms with Crippen LogP contribution in [0.1, 0.15) is 17.4 Å². The monoisotopic (exact) mass is 447 g/mol. The van der Waals surface area contributed by atoms with Crippen molar-refractivity contribution in [1.29, 1.82) is 0 Å². The molecule has 3 aromatic rings. The lowest BCUT2D eigenvalue weighted by atomic mass is 10.1. The van der Waals surface area contributed by atoms with Crippen molar-refractivity contribution in [2.45, 2.75) is 19.4 Å². The maximum atomic E-state index is 12.9. The zero-order chi connectivity index (χ0) is 22.1. The molecule has 0 saturated carbocycles. The fourth-order valence-corrected chi connectivity index (χ4v) is 5.00. The van der Waals surface area contributed by atoms with Gasteiger partial charge in [-0.2, -0.15) is 0 Å².